The van der Waals surface area contributed by atoms with Crippen LogP contribution in [-0.4, -0.2) is 27.2 Å². The molecule has 3 aromatic rings. The van der Waals surface area contributed by atoms with Gasteiger partial charge in [0.25, 0.3) is 0 Å². The van der Waals surface area contributed by atoms with E-state index in [1.165, 1.54) is 5.56 Å². The molecule has 0 aliphatic carbocycles. The van der Waals surface area contributed by atoms with Gasteiger partial charge < -0.3 is 5.32 Å². The molecule has 1 heterocycles. The number of carbonyl (C=O) groups excluding carboxylic acids is 1. The number of aryl methyl sites for hydroxylation is 2. The first-order chi connectivity index (χ1) is 13.1. The highest BCUT2D eigenvalue weighted by Crippen LogP contribution is 2.18. The minimum absolute atomic E-state index is 0.0290. The Kier molecular flexibility index (Phi) is 6.54. The van der Waals surface area contributed by atoms with E-state index in [1.54, 1.807) is 0 Å². The fraction of sp³-hybridized carbons (Fsp3) is 0.286. The SMILES string of the molecule is Cc1cccc(-c2n[nH]c(=S)n2CCC(=O)NCCCc2ccccc2)c1. The van der Waals surface area contributed by atoms with Crippen molar-refractivity contribution in [1.82, 2.24) is 20.1 Å². The Morgan fingerprint density at radius 3 is 2.78 bits per heavy atom. The van der Waals surface area contributed by atoms with Gasteiger partial charge in [0.1, 0.15) is 0 Å². The fourth-order valence-electron chi connectivity index (χ4n) is 3.00. The van der Waals surface area contributed by atoms with Gasteiger partial charge in [0.05, 0.1) is 0 Å². The lowest BCUT2D eigenvalue weighted by Crippen LogP contribution is -2.25. The topological polar surface area (TPSA) is 62.7 Å². The van der Waals surface area contributed by atoms with Crippen molar-refractivity contribution in [2.24, 2.45) is 0 Å². The van der Waals surface area contributed by atoms with Gasteiger partial charge in [-0.2, -0.15) is 5.10 Å². The molecule has 0 aliphatic heterocycles. The number of rotatable bonds is 8. The Hall–Kier alpha value is -2.73. The maximum absolute atomic E-state index is 12.2. The quantitative estimate of drug-likeness (QED) is 0.458. The summed E-state index contributed by atoms with van der Waals surface area (Å²) in [7, 11) is 0. The average molecular weight is 381 g/mol. The van der Waals surface area contributed by atoms with Gasteiger partial charge in [-0.25, -0.2) is 0 Å². The minimum atomic E-state index is 0.0290. The highest BCUT2D eigenvalue weighted by molar-refractivity contribution is 7.71. The number of aromatic amines is 1. The normalized spacial score (nSPS) is 10.7. The lowest BCUT2D eigenvalue weighted by molar-refractivity contribution is -0.121. The van der Waals surface area contributed by atoms with Gasteiger partial charge in [0.15, 0.2) is 10.6 Å². The third-order valence-corrected chi connectivity index (χ3v) is 4.72. The van der Waals surface area contributed by atoms with Gasteiger partial charge in [-0.05, 0) is 43.6 Å². The summed E-state index contributed by atoms with van der Waals surface area (Å²) in [6.45, 7) is 3.22. The lowest BCUT2D eigenvalue weighted by Gasteiger charge is -2.08. The molecule has 6 heteroatoms. The first kappa shape index (κ1) is 19.0. The van der Waals surface area contributed by atoms with Crippen LogP contribution in [0.4, 0.5) is 0 Å². The van der Waals surface area contributed by atoms with Crippen LogP contribution in [0.3, 0.4) is 0 Å². The highest BCUT2D eigenvalue weighted by Gasteiger charge is 2.10. The number of hydrogen-bond donors (Lipinski definition) is 2. The smallest absolute Gasteiger partial charge is 0.221 e. The van der Waals surface area contributed by atoms with Crippen molar-refractivity contribution < 1.29 is 4.79 Å². The van der Waals surface area contributed by atoms with Crippen molar-refractivity contribution in [3.8, 4) is 11.4 Å². The molecular weight excluding hydrogens is 356 g/mol. The predicted molar refractivity (Wildman–Crippen MR) is 110 cm³/mol. The van der Waals surface area contributed by atoms with E-state index in [4.69, 9.17) is 12.2 Å². The van der Waals surface area contributed by atoms with E-state index in [0.29, 0.717) is 24.3 Å². The van der Waals surface area contributed by atoms with E-state index in [2.05, 4.69) is 33.7 Å². The Morgan fingerprint density at radius 2 is 2.00 bits per heavy atom. The van der Waals surface area contributed by atoms with Crippen LogP contribution in [0.25, 0.3) is 11.4 Å². The van der Waals surface area contributed by atoms with E-state index in [0.717, 1.165) is 29.8 Å². The molecule has 0 atom stereocenters. The number of amides is 1. The number of hydrogen-bond acceptors (Lipinski definition) is 3. The van der Waals surface area contributed by atoms with Crippen molar-refractivity contribution >= 4 is 18.1 Å². The lowest BCUT2D eigenvalue weighted by atomic mass is 10.1. The van der Waals surface area contributed by atoms with Crippen molar-refractivity contribution in [3.05, 3.63) is 70.5 Å². The molecule has 0 saturated heterocycles. The van der Waals surface area contributed by atoms with Gasteiger partial charge in [-0.15, -0.1) is 0 Å². The molecule has 0 saturated carbocycles. The molecule has 2 aromatic carbocycles. The molecule has 140 valence electrons. The molecular formula is C21H24N4OS. The van der Waals surface area contributed by atoms with Crippen LogP contribution in [0, 0.1) is 11.7 Å². The Labute approximate surface area is 164 Å². The van der Waals surface area contributed by atoms with E-state index >= 15 is 0 Å². The second-order valence-electron chi connectivity index (χ2n) is 6.56. The highest BCUT2D eigenvalue weighted by atomic mass is 32.1. The van der Waals surface area contributed by atoms with Crippen molar-refractivity contribution in [2.75, 3.05) is 6.54 Å². The summed E-state index contributed by atoms with van der Waals surface area (Å²) in [6, 6.07) is 18.4. The predicted octanol–water partition coefficient (Wildman–Crippen LogP) is 4.06. The molecule has 1 amide bonds. The van der Waals surface area contributed by atoms with Crippen molar-refractivity contribution in [2.45, 2.75) is 32.7 Å². The van der Waals surface area contributed by atoms with Gasteiger partial charge >= 0.3 is 0 Å². The molecule has 0 unspecified atom stereocenters. The molecule has 0 radical (unpaired) electrons. The number of carbonyl (C=O) groups is 1. The summed E-state index contributed by atoms with van der Waals surface area (Å²) in [5, 5.41) is 10.1. The third kappa shape index (κ3) is 5.37. The van der Waals surface area contributed by atoms with E-state index in [1.807, 2.05) is 47.9 Å². The standard InChI is InChI=1S/C21H24N4OS/c1-16-7-5-11-18(15-16)20-23-24-21(27)25(20)14-12-19(26)22-13-6-10-17-8-3-2-4-9-17/h2-5,7-9,11,15H,6,10,12-14H2,1H3,(H,22,26)(H,24,27). The monoisotopic (exact) mass is 380 g/mol. The second-order valence-corrected chi connectivity index (χ2v) is 6.95. The molecule has 0 bridgehead atoms. The maximum Gasteiger partial charge on any atom is 0.221 e. The zero-order valence-corrected chi connectivity index (χ0v) is 16.3. The summed E-state index contributed by atoms with van der Waals surface area (Å²) in [4.78, 5) is 12.2. The Balaban J connectivity index is 1.50. The average Bonchev–Trinajstić information content (AvgIpc) is 3.05. The number of H-pyrrole nitrogens is 1. The van der Waals surface area contributed by atoms with E-state index < -0.39 is 0 Å². The number of aromatic nitrogens is 3. The summed E-state index contributed by atoms with van der Waals surface area (Å²) in [5.41, 5.74) is 3.44. The summed E-state index contributed by atoms with van der Waals surface area (Å²) >= 11 is 5.33. The van der Waals surface area contributed by atoms with Crippen LogP contribution in [0.1, 0.15) is 24.0 Å². The van der Waals surface area contributed by atoms with E-state index in [9.17, 15) is 4.79 Å². The zero-order valence-electron chi connectivity index (χ0n) is 15.4. The molecule has 27 heavy (non-hydrogen) atoms. The molecule has 0 spiro atoms. The third-order valence-electron chi connectivity index (χ3n) is 4.40. The van der Waals surface area contributed by atoms with Crippen LogP contribution < -0.4 is 5.32 Å². The Morgan fingerprint density at radius 1 is 1.19 bits per heavy atom. The minimum Gasteiger partial charge on any atom is -0.356 e. The summed E-state index contributed by atoms with van der Waals surface area (Å²) in [5.74, 6) is 0.793. The molecule has 3 rings (SSSR count). The fourth-order valence-corrected chi connectivity index (χ4v) is 3.22. The van der Waals surface area contributed by atoms with Gasteiger partial charge in [0.2, 0.25) is 5.91 Å². The molecule has 5 nitrogen and oxygen atoms in total. The van der Waals surface area contributed by atoms with Crippen LogP contribution in [0.5, 0.6) is 0 Å². The van der Waals surface area contributed by atoms with Crippen LogP contribution in [-0.2, 0) is 17.8 Å². The van der Waals surface area contributed by atoms with Crippen LogP contribution >= 0.6 is 12.2 Å². The van der Waals surface area contributed by atoms with Gasteiger partial charge in [-0.1, -0.05) is 54.1 Å². The summed E-state index contributed by atoms with van der Waals surface area (Å²) < 4.78 is 2.41. The molecule has 0 aliphatic rings. The number of nitrogens with zero attached hydrogens (tertiary/aromatic N) is 2. The number of benzene rings is 2. The molecule has 2 N–H and O–H groups in total. The molecule has 1 aromatic heterocycles. The largest absolute Gasteiger partial charge is 0.356 e. The van der Waals surface area contributed by atoms with Crippen LogP contribution in [0.15, 0.2) is 54.6 Å². The number of nitrogens with one attached hydrogen (secondary N) is 2. The molecule has 0 fully saturated rings. The maximum atomic E-state index is 12.2. The van der Waals surface area contributed by atoms with Gasteiger partial charge in [0, 0.05) is 25.1 Å². The van der Waals surface area contributed by atoms with E-state index in [-0.39, 0.29) is 5.91 Å². The Bertz CT molecular complexity index is 946. The van der Waals surface area contributed by atoms with Crippen molar-refractivity contribution in [3.63, 3.8) is 0 Å². The van der Waals surface area contributed by atoms with Crippen LogP contribution in [0.2, 0.25) is 0 Å². The first-order valence-corrected chi connectivity index (χ1v) is 9.57. The van der Waals surface area contributed by atoms with Crippen molar-refractivity contribution in [1.29, 1.82) is 0 Å². The van der Waals surface area contributed by atoms with Gasteiger partial charge in [-0.3, -0.25) is 14.5 Å². The summed E-state index contributed by atoms with van der Waals surface area (Å²) in [6.07, 6.45) is 2.26. The zero-order chi connectivity index (χ0) is 19.1. The first-order valence-electron chi connectivity index (χ1n) is 9.16. The second kappa shape index (κ2) is 9.28.